The van der Waals surface area contributed by atoms with Crippen LogP contribution in [0.1, 0.15) is 13.8 Å². The SMILES string of the molecule is CC=NCN=CC. The van der Waals surface area contributed by atoms with Crippen molar-refractivity contribution in [2.45, 2.75) is 13.8 Å². The van der Waals surface area contributed by atoms with Gasteiger partial charge >= 0.3 is 0 Å². The zero-order chi connectivity index (χ0) is 5.54. The minimum Gasteiger partial charge on any atom is -0.274 e. The van der Waals surface area contributed by atoms with Crippen LogP contribution in [0.15, 0.2) is 9.98 Å². The molecule has 0 aromatic heterocycles. The van der Waals surface area contributed by atoms with Crippen LogP contribution in [0.4, 0.5) is 0 Å². The number of hydrogen-bond donors (Lipinski definition) is 0. The van der Waals surface area contributed by atoms with Crippen LogP contribution in [0.25, 0.3) is 0 Å². The van der Waals surface area contributed by atoms with E-state index in [1.165, 1.54) is 0 Å². The maximum absolute atomic E-state index is 3.84. The summed E-state index contributed by atoms with van der Waals surface area (Å²) >= 11 is 0. The molecular formula is C5H10N2. The largest absolute Gasteiger partial charge is 0.274 e. The first-order valence-electron chi connectivity index (χ1n) is 2.30. The van der Waals surface area contributed by atoms with Gasteiger partial charge in [-0.15, -0.1) is 0 Å². The summed E-state index contributed by atoms with van der Waals surface area (Å²) in [7, 11) is 0. The van der Waals surface area contributed by atoms with Crippen LogP contribution in [-0.4, -0.2) is 19.1 Å². The lowest BCUT2D eigenvalue weighted by Crippen LogP contribution is -1.71. The van der Waals surface area contributed by atoms with Gasteiger partial charge in [0.25, 0.3) is 0 Å². The van der Waals surface area contributed by atoms with Gasteiger partial charge in [-0.25, -0.2) is 0 Å². The molecule has 0 saturated carbocycles. The Bertz CT molecular complexity index is 64.1. The van der Waals surface area contributed by atoms with E-state index in [1.54, 1.807) is 12.4 Å². The van der Waals surface area contributed by atoms with Crippen molar-refractivity contribution in [3.8, 4) is 0 Å². The van der Waals surface area contributed by atoms with E-state index in [9.17, 15) is 0 Å². The topological polar surface area (TPSA) is 24.7 Å². The second-order valence-corrected chi connectivity index (χ2v) is 1.02. The van der Waals surface area contributed by atoms with E-state index in [4.69, 9.17) is 0 Å². The third-order valence-electron chi connectivity index (χ3n) is 0.528. The second-order valence-electron chi connectivity index (χ2n) is 1.02. The van der Waals surface area contributed by atoms with Crippen molar-refractivity contribution in [1.82, 2.24) is 0 Å². The van der Waals surface area contributed by atoms with Gasteiger partial charge in [-0.1, -0.05) is 0 Å². The minimum absolute atomic E-state index is 0.576. The zero-order valence-corrected chi connectivity index (χ0v) is 4.76. The van der Waals surface area contributed by atoms with Gasteiger partial charge in [0.05, 0.1) is 0 Å². The number of nitrogens with zero attached hydrogens (tertiary/aromatic N) is 2. The lowest BCUT2D eigenvalue weighted by Gasteiger charge is -1.76. The van der Waals surface area contributed by atoms with Crippen molar-refractivity contribution in [3.05, 3.63) is 0 Å². The van der Waals surface area contributed by atoms with Crippen molar-refractivity contribution < 1.29 is 0 Å². The smallest absolute Gasteiger partial charge is 0.128 e. The summed E-state index contributed by atoms with van der Waals surface area (Å²) in [5.74, 6) is 0. The Morgan fingerprint density at radius 1 is 1.14 bits per heavy atom. The van der Waals surface area contributed by atoms with E-state index in [2.05, 4.69) is 9.98 Å². The molecule has 2 nitrogen and oxygen atoms in total. The van der Waals surface area contributed by atoms with Gasteiger partial charge < -0.3 is 0 Å². The fourth-order valence-corrected chi connectivity index (χ4v) is 0.210. The van der Waals surface area contributed by atoms with E-state index in [0.29, 0.717) is 6.67 Å². The minimum atomic E-state index is 0.576. The van der Waals surface area contributed by atoms with Crippen LogP contribution < -0.4 is 0 Å². The van der Waals surface area contributed by atoms with Gasteiger partial charge in [-0.05, 0) is 26.3 Å². The first-order valence-corrected chi connectivity index (χ1v) is 2.30. The van der Waals surface area contributed by atoms with Crippen LogP contribution in [0, 0.1) is 0 Å². The molecule has 0 saturated heterocycles. The normalized spacial score (nSPS) is 11.7. The van der Waals surface area contributed by atoms with Gasteiger partial charge in [0.15, 0.2) is 0 Å². The summed E-state index contributed by atoms with van der Waals surface area (Å²) in [5.41, 5.74) is 0. The summed E-state index contributed by atoms with van der Waals surface area (Å²) in [5, 5.41) is 0. The van der Waals surface area contributed by atoms with Crippen molar-refractivity contribution in [3.63, 3.8) is 0 Å². The number of aliphatic imine (C=N–C) groups is 2. The molecule has 7 heavy (non-hydrogen) atoms. The lowest BCUT2D eigenvalue weighted by molar-refractivity contribution is 1.08. The van der Waals surface area contributed by atoms with E-state index >= 15 is 0 Å². The average molecular weight is 98.1 g/mol. The van der Waals surface area contributed by atoms with Crippen molar-refractivity contribution in [2.75, 3.05) is 6.67 Å². The molecule has 0 unspecified atom stereocenters. The van der Waals surface area contributed by atoms with Crippen LogP contribution in [0.3, 0.4) is 0 Å². The summed E-state index contributed by atoms with van der Waals surface area (Å²) < 4.78 is 0. The molecule has 0 bridgehead atoms. The van der Waals surface area contributed by atoms with Gasteiger partial charge in [0.2, 0.25) is 0 Å². The fourth-order valence-electron chi connectivity index (χ4n) is 0.210. The molecular weight excluding hydrogens is 88.1 g/mol. The van der Waals surface area contributed by atoms with Gasteiger partial charge in [-0.2, -0.15) is 0 Å². The average Bonchev–Trinajstić information content (AvgIpc) is 1.69. The standard InChI is InChI=1S/C5H10N2/c1-3-6-5-7-4-2/h3-4H,5H2,1-2H3. The molecule has 0 rings (SSSR count). The van der Waals surface area contributed by atoms with Gasteiger partial charge in [-0.3, -0.25) is 9.98 Å². The highest BCUT2D eigenvalue weighted by atomic mass is 14.9. The maximum Gasteiger partial charge on any atom is 0.128 e. The predicted molar refractivity (Wildman–Crippen MR) is 33.2 cm³/mol. The maximum atomic E-state index is 3.84. The van der Waals surface area contributed by atoms with Crippen LogP contribution in [0.5, 0.6) is 0 Å². The monoisotopic (exact) mass is 98.1 g/mol. The molecule has 0 aliphatic heterocycles. The summed E-state index contributed by atoms with van der Waals surface area (Å²) in [4.78, 5) is 7.68. The lowest BCUT2D eigenvalue weighted by atomic mass is 10.8. The second kappa shape index (κ2) is 5.34. The zero-order valence-electron chi connectivity index (χ0n) is 4.76. The summed E-state index contributed by atoms with van der Waals surface area (Å²) in [6.07, 6.45) is 3.49. The molecule has 2 heteroatoms. The molecule has 0 aliphatic carbocycles. The van der Waals surface area contributed by atoms with Crippen molar-refractivity contribution in [1.29, 1.82) is 0 Å². The Hall–Kier alpha value is -0.660. The third kappa shape index (κ3) is 5.34. The highest BCUT2D eigenvalue weighted by Gasteiger charge is 1.60. The molecule has 0 aromatic rings. The van der Waals surface area contributed by atoms with Crippen molar-refractivity contribution in [2.24, 2.45) is 9.98 Å². The fraction of sp³-hybridized carbons (Fsp3) is 0.600. The Labute approximate surface area is 44.0 Å². The van der Waals surface area contributed by atoms with E-state index in [1.807, 2.05) is 13.8 Å². The summed E-state index contributed by atoms with van der Waals surface area (Å²) in [6, 6.07) is 0. The van der Waals surface area contributed by atoms with Crippen LogP contribution in [-0.2, 0) is 0 Å². The highest BCUT2D eigenvalue weighted by Crippen LogP contribution is 1.66. The molecule has 0 spiro atoms. The molecule has 0 N–H and O–H groups in total. The quantitative estimate of drug-likeness (QED) is 0.462. The molecule has 0 radical (unpaired) electrons. The van der Waals surface area contributed by atoms with Gasteiger partial charge in [0, 0.05) is 0 Å². The molecule has 0 heterocycles. The Balaban J connectivity index is 2.98. The first kappa shape index (κ1) is 6.34. The molecule has 0 fully saturated rings. The highest BCUT2D eigenvalue weighted by molar-refractivity contribution is 5.55. The van der Waals surface area contributed by atoms with E-state index in [0.717, 1.165) is 0 Å². The molecule has 0 aromatic carbocycles. The number of hydrogen-bond acceptors (Lipinski definition) is 2. The molecule has 40 valence electrons. The molecule has 0 aliphatic rings. The molecule has 0 atom stereocenters. The van der Waals surface area contributed by atoms with E-state index < -0.39 is 0 Å². The van der Waals surface area contributed by atoms with Gasteiger partial charge in [0.1, 0.15) is 6.67 Å². The first-order chi connectivity index (χ1) is 3.41. The van der Waals surface area contributed by atoms with Crippen LogP contribution >= 0.6 is 0 Å². The van der Waals surface area contributed by atoms with Crippen molar-refractivity contribution >= 4 is 12.4 Å². The Kier molecular flexibility index (Phi) is 4.84. The Morgan fingerprint density at radius 2 is 1.57 bits per heavy atom. The number of rotatable bonds is 2. The molecule has 0 amide bonds. The van der Waals surface area contributed by atoms with Crippen LogP contribution in [0.2, 0.25) is 0 Å². The predicted octanol–water partition coefficient (Wildman–Crippen LogP) is 1.13. The third-order valence-corrected chi connectivity index (χ3v) is 0.528. The summed E-state index contributed by atoms with van der Waals surface area (Å²) in [6.45, 7) is 4.34. The Morgan fingerprint density at radius 3 is 1.86 bits per heavy atom. The van der Waals surface area contributed by atoms with E-state index in [-0.39, 0.29) is 0 Å².